The van der Waals surface area contributed by atoms with Crippen molar-refractivity contribution in [1.82, 2.24) is 10.8 Å². The van der Waals surface area contributed by atoms with Gasteiger partial charge in [0.25, 0.3) is 0 Å². The summed E-state index contributed by atoms with van der Waals surface area (Å²) >= 11 is 3.38. The molecule has 0 atom stereocenters. The first kappa shape index (κ1) is 28.2. The minimum absolute atomic E-state index is 0.0623. The molecule has 1 aliphatic heterocycles. The Bertz CT molecular complexity index is 1150. The Morgan fingerprint density at radius 2 is 1.75 bits per heavy atom. The Morgan fingerprint density at radius 3 is 2.42 bits per heavy atom. The lowest BCUT2D eigenvalue weighted by atomic mass is 9.97. The van der Waals surface area contributed by atoms with Crippen molar-refractivity contribution in [3.8, 4) is 17.6 Å². The number of carbonyl (C=O) groups excluding carboxylic acids is 1. The van der Waals surface area contributed by atoms with Crippen LogP contribution in [-0.4, -0.2) is 38.8 Å². The van der Waals surface area contributed by atoms with E-state index >= 15 is 0 Å². The molecule has 0 bridgehead atoms. The summed E-state index contributed by atoms with van der Waals surface area (Å²) in [6.07, 6.45) is 4.50. The first-order valence-electron chi connectivity index (χ1n) is 12.2. The molecule has 194 valence electrons. The summed E-state index contributed by atoms with van der Waals surface area (Å²) in [5.74, 6) is 5.79. The molecule has 2 N–H and O–H groups in total. The van der Waals surface area contributed by atoms with Gasteiger partial charge in [0, 0.05) is 10.9 Å². The molecule has 1 heterocycles. The van der Waals surface area contributed by atoms with E-state index in [4.69, 9.17) is 9.57 Å². The number of halogens is 1. The van der Waals surface area contributed by atoms with E-state index in [1.54, 1.807) is 12.1 Å². The van der Waals surface area contributed by atoms with Crippen LogP contribution in [0.1, 0.15) is 51.0 Å². The Kier molecular flexibility index (Phi) is 10.8. The fourth-order valence-corrected chi connectivity index (χ4v) is 6.17. The maximum atomic E-state index is 13.7. The zero-order chi connectivity index (χ0) is 25.9. The highest BCUT2D eigenvalue weighted by Crippen LogP contribution is 2.35. The van der Waals surface area contributed by atoms with Crippen LogP contribution in [-0.2, 0) is 26.0 Å². The monoisotopic (exact) mass is 576 g/mol. The number of piperidine rings is 1. The van der Waals surface area contributed by atoms with Crippen LogP contribution >= 0.6 is 15.9 Å². The minimum atomic E-state index is -4.02. The largest absolute Gasteiger partial charge is 0.481 e. The van der Waals surface area contributed by atoms with E-state index in [9.17, 15) is 13.2 Å². The van der Waals surface area contributed by atoms with E-state index in [2.05, 4.69) is 45.5 Å². The smallest absolute Gasteiger partial charge is 0.346 e. The van der Waals surface area contributed by atoms with Gasteiger partial charge >= 0.3 is 5.97 Å². The second kappa shape index (κ2) is 13.8. The highest BCUT2D eigenvalue weighted by atomic mass is 79.9. The van der Waals surface area contributed by atoms with E-state index in [-0.39, 0.29) is 30.9 Å². The fourth-order valence-electron chi connectivity index (χ4n) is 3.96. The summed E-state index contributed by atoms with van der Waals surface area (Å²) in [4.78, 5) is 18.5. The lowest BCUT2D eigenvalue weighted by Gasteiger charge is -2.34. The molecule has 0 radical (unpaired) electrons. The van der Waals surface area contributed by atoms with Crippen molar-refractivity contribution in [2.24, 2.45) is 0 Å². The predicted octanol–water partition coefficient (Wildman–Crippen LogP) is 4.56. The number of hydrogen-bond donors (Lipinski definition) is 2. The molecule has 0 spiro atoms. The standard InChI is InChI=1S/C27H33BrN2O5S/c1-2-3-4-5-6-7-20-34-24-12-14-25(15-13-24)36(32,33)27(16-18-29-19-17-27)26(31)35-30-21-22-8-10-23(28)11-9-22/h8-15,29-30H,2-5,16-21H2,1H3. The number of hydrogen-bond acceptors (Lipinski definition) is 7. The Morgan fingerprint density at radius 1 is 1.06 bits per heavy atom. The van der Waals surface area contributed by atoms with Crippen LogP contribution in [0.5, 0.6) is 5.75 Å². The predicted molar refractivity (Wildman–Crippen MR) is 143 cm³/mol. The van der Waals surface area contributed by atoms with Crippen LogP contribution in [0.2, 0.25) is 0 Å². The number of unbranched alkanes of at least 4 members (excludes halogenated alkanes) is 3. The average Bonchev–Trinajstić information content (AvgIpc) is 2.90. The summed E-state index contributed by atoms with van der Waals surface area (Å²) in [6.45, 7) is 3.46. The van der Waals surface area contributed by atoms with Gasteiger partial charge in [-0.2, -0.15) is 0 Å². The molecule has 0 aliphatic carbocycles. The van der Waals surface area contributed by atoms with E-state index in [0.29, 0.717) is 18.8 Å². The molecule has 36 heavy (non-hydrogen) atoms. The minimum Gasteiger partial charge on any atom is -0.481 e. The third kappa shape index (κ3) is 7.32. The van der Waals surface area contributed by atoms with Crippen LogP contribution in [0.25, 0.3) is 0 Å². The molecular formula is C27H33BrN2O5S. The summed E-state index contributed by atoms with van der Waals surface area (Å²) in [5.41, 5.74) is 3.54. The van der Waals surface area contributed by atoms with Gasteiger partial charge in [0.2, 0.25) is 0 Å². The molecular weight excluding hydrogens is 544 g/mol. The number of rotatable bonds is 11. The molecule has 0 aromatic heterocycles. The number of ether oxygens (including phenoxy) is 1. The molecule has 2 aromatic carbocycles. The Balaban J connectivity index is 1.65. The first-order valence-corrected chi connectivity index (χ1v) is 14.5. The number of sulfone groups is 1. The molecule has 0 unspecified atom stereocenters. The molecule has 2 aromatic rings. The number of benzene rings is 2. The van der Waals surface area contributed by atoms with Gasteiger partial charge in [-0.15, -0.1) is 5.48 Å². The molecule has 1 fully saturated rings. The first-order chi connectivity index (χ1) is 17.4. The zero-order valence-electron chi connectivity index (χ0n) is 20.5. The van der Waals surface area contributed by atoms with Crippen LogP contribution in [0.15, 0.2) is 57.9 Å². The number of nitrogens with one attached hydrogen (secondary N) is 2. The van der Waals surface area contributed by atoms with Gasteiger partial charge < -0.3 is 14.9 Å². The highest BCUT2D eigenvalue weighted by molar-refractivity contribution is 9.10. The Labute approximate surface area is 222 Å². The van der Waals surface area contributed by atoms with Crippen molar-refractivity contribution in [3.05, 3.63) is 58.6 Å². The summed E-state index contributed by atoms with van der Waals surface area (Å²) in [5, 5.41) is 3.13. The lowest BCUT2D eigenvalue weighted by molar-refractivity contribution is -0.155. The van der Waals surface area contributed by atoms with Gasteiger partial charge in [-0.3, -0.25) is 0 Å². The third-order valence-corrected chi connectivity index (χ3v) is 9.15. The van der Waals surface area contributed by atoms with E-state index in [0.717, 1.165) is 35.7 Å². The maximum absolute atomic E-state index is 13.7. The van der Waals surface area contributed by atoms with Crippen LogP contribution in [0.4, 0.5) is 0 Å². The average molecular weight is 578 g/mol. The van der Waals surface area contributed by atoms with Crippen LogP contribution in [0, 0.1) is 11.8 Å². The van der Waals surface area contributed by atoms with Crippen LogP contribution in [0.3, 0.4) is 0 Å². The number of carbonyl (C=O) groups is 1. The van der Waals surface area contributed by atoms with Crippen molar-refractivity contribution in [3.63, 3.8) is 0 Å². The van der Waals surface area contributed by atoms with Crippen molar-refractivity contribution in [2.45, 2.75) is 61.6 Å². The quantitative estimate of drug-likeness (QED) is 0.230. The highest BCUT2D eigenvalue weighted by Gasteiger charge is 2.53. The fraction of sp³-hybridized carbons (Fsp3) is 0.444. The summed E-state index contributed by atoms with van der Waals surface area (Å²) < 4.78 is 32.3. The van der Waals surface area contributed by atoms with Crippen molar-refractivity contribution in [2.75, 3.05) is 19.7 Å². The molecule has 1 aliphatic rings. The summed E-state index contributed by atoms with van der Waals surface area (Å²) in [7, 11) is -4.02. The van der Waals surface area contributed by atoms with Gasteiger partial charge in [0.1, 0.15) is 12.4 Å². The van der Waals surface area contributed by atoms with Gasteiger partial charge in [-0.1, -0.05) is 59.7 Å². The van der Waals surface area contributed by atoms with Crippen molar-refractivity contribution >= 4 is 31.7 Å². The number of hydroxylamine groups is 1. The zero-order valence-corrected chi connectivity index (χ0v) is 22.9. The molecule has 3 rings (SSSR count). The van der Waals surface area contributed by atoms with Gasteiger partial charge in [0.15, 0.2) is 14.6 Å². The normalized spacial score (nSPS) is 14.9. The van der Waals surface area contributed by atoms with E-state index in [1.165, 1.54) is 12.1 Å². The van der Waals surface area contributed by atoms with Gasteiger partial charge in [0.05, 0.1) is 11.4 Å². The van der Waals surface area contributed by atoms with Gasteiger partial charge in [-0.05, 0) is 74.3 Å². The second-order valence-corrected chi connectivity index (χ2v) is 11.8. The topological polar surface area (TPSA) is 93.7 Å². The van der Waals surface area contributed by atoms with Crippen molar-refractivity contribution in [1.29, 1.82) is 0 Å². The van der Waals surface area contributed by atoms with Crippen LogP contribution < -0.4 is 15.5 Å². The molecule has 9 heteroatoms. The molecule has 7 nitrogen and oxygen atoms in total. The molecule has 1 saturated heterocycles. The van der Waals surface area contributed by atoms with Gasteiger partial charge in [-0.25, -0.2) is 13.2 Å². The maximum Gasteiger partial charge on any atom is 0.346 e. The van der Waals surface area contributed by atoms with Crippen molar-refractivity contribution < 1.29 is 22.8 Å². The SMILES string of the molecule is CCCCCC#CCOc1ccc(S(=O)(=O)C2(C(=O)ONCc3ccc(Br)cc3)CCNCC2)cc1. The summed E-state index contributed by atoms with van der Waals surface area (Å²) in [6, 6.07) is 13.7. The lowest BCUT2D eigenvalue weighted by Crippen LogP contribution is -2.55. The molecule has 0 saturated carbocycles. The second-order valence-electron chi connectivity index (χ2n) is 8.66. The van der Waals surface area contributed by atoms with E-state index < -0.39 is 20.6 Å². The Hall–Kier alpha value is -2.38. The third-order valence-electron chi connectivity index (χ3n) is 6.13. The molecule has 0 amide bonds. The van der Waals surface area contributed by atoms with E-state index in [1.807, 2.05) is 24.3 Å².